The van der Waals surface area contributed by atoms with Gasteiger partial charge in [-0.15, -0.1) is 0 Å². The van der Waals surface area contributed by atoms with E-state index in [0.29, 0.717) is 58.5 Å². The Labute approximate surface area is 257 Å². The van der Waals surface area contributed by atoms with E-state index in [9.17, 15) is 14.5 Å². The highest BCUT2D eigenvalue weighted by molar-refractivity contribution is 7.53. The number of hydrogen-bond acceptors (Lipinski definition) is 9. The van der Waals surface area contributed by atoms with Crippen LogP contribution in [0.3, 0.4) is 0 Å². The number of hydrogen-bond donors (Lipinski definition) is 3. The van der Waals surface area contributed by atoms with Gasteiger partial charge in [0.2, 0.25) is 0 Å². The van der Waals surface area contributed by atoms with Crippen LogP contribution < -0.4 is 10.6 Å². The number of aliphatic hydroxyl groups is 1. The van der Waals surface area contributed by atoms with Gasteiger partial charge >= 0.3 is 13.7 Å². The molecule has 244 valence electrons. The molecule has 5 unspecified atom stereocenters. The minimum Gasteiger partial charge on any atom is -0.443 e. The summed E-state index contributed by atoms with van der Waals surface area (Å²) in [5.41, 5.74) is 2.12. The van der Waals surface area contributed by atoms with Crippen molar-refractivity contribution < 1.29 is 37.7 Å². The van der Waals surface area contributed by atoms with Gasteiger partial charge in [-0.3, -0.25) is 4.57 Å². The van der Waals surface area contributed by atoms with Crippen LogP contribution in [0, 0.1) is 5.92 Å². The summed E-state index contributed by atoms with van der Waals surface area (Å²) in [6.07, 6.45) is 6.90. The lowest BCUT2D eigenvalue weighted by molar-refractivity contribution is -0.0907. The van der Waals surface area contributed by atoms with Crippen LogP contribution in [0.1, 0.15) is 71.3 Å². The summed E-state index contributed by atoms with van der Waals surface area (Å²) in [4.78, 5) is 12.8. The number of amides is 1. The number of rotatable bonds is 21. The highest BCUT2D eigenvalue weighted by Crippen LogP contribution is 2.49. The van der Waals surface area contributed by atoms with Crippen LogP contribution in [0.5, 0.6) is 0 Å². The summed E-state index contributed by atoms with van der Waals surface area (Å²) in [5, 5.41) is 17.3. The van der Waals surface area contributed by atoms with Crippen LogP contribution in [0.15, 0.2) is 42.0 Å². The van der Waals surface area contributed by atoms with Crippen LogP contribution in [0.2, 0.25) is 0 Å². The molecule has 0 radical (unpaired) electrons. The molecule has 10 nitrogen and oxygen atoms in total. The molecule has 1 aromatic carbocycles. The maximum absolute atomic E-state index is 13.1. The number of benzene rings is 1. The number of ether oxygens (including phenoxy) is 3. The Morgan fingerprint density at radius 1 is 1.12 bits per heavy atom. The molecule has 3 N–H and O–H groups in total. The summed E-state index contributed by atoms with van der Waals surface area (Å²) in [5.74, 6) is 0.0498. The van der Waals surface area contributed by atoms with E-state index in [1.807, 2.05) is 37.3 Å². The molecule has 2 heterocycles. The fraction of sp³-hybridized carbons (Fsp3) is 0.719. The molecule has 43 heavy (non-hydrogen) atoms. The standard InChI is InChI=1S/C32H53N2O8P/c1-4-6-17-40-43(37,41-18-7-5-2)20-12-11-13-25(3)22-33-23-29(35)28(21-26-14-9-8-10-15-26)34-32(36)42-30-24-39-31-27(30)16-19-38-31/h8-10,13-15,27-31,33,35H,4-7,11-12,16-24H2,1-3H3,(H,34,36)/b25-13-. The molecule has 2 aliphatic heterocycles. The van der Waals surface area contributed by atoms with E-state index < -0.39 is 25.8 Å². The van der Waals surface area contributed by atoms with E-state index in [1.165, 1.54) is 0 Å². The fourth-order valence-corrected chi connectivity index (χ4v) is 6.87. The molecular weight excluding hydrogens is 571 g/mol. The first-order chi connectivity index (χ1) is 20.8. The molecule has 0 saturated carbocycles. The predicted octanol–water partition coefficient (Wildman–Crippen LogP) is 5.59. The summed E-state index contributed by atoms with van der Waals surface area (Å²) in [6.45, 7) is 8.90. The van der Waals surface area contributed by atoms with E-state index in [1.54, 1.807) is 0 Å². The van der Waals surface area contributed by atoms with Crippen molar-refractivity contribution in [2.45, 2.75) is 96.7 Å². The van der Waals surface area contributed by atoms with Crippen molar-refractivity contribution in [2.75, 3.05) is 45.7 Å². The van der Waals surface area contributed by atoms with Gasteiger partial charge in [0, 0.05) is 13.1 Å². The molecule has 3 rings (SSSR count). The first-order valence-corrected chi connectivity index (χ1v) is 17.7. The summed E-state index contributed by atoms with van der Waals surface area (Å²) >= 11 is 0. The number of carbonyl (C=O) groups is 1. The lowest BCUT2D eigenvalue weighted by Gasteiger charge is -2.26. The van der Waals surface area contributed by atoms with Crippen LogP contribution in [0.25, 0.3) is 0 Å². The van der Waals surface area contributed by atoms with Gasteiger partial charge in [0.15, 0.2) is 6.29 Å². The molecule has 0 aromatic heterocycles. The average Bonchev–Trinajstić information content (AvgIpc) is 3.61. The lowest BCUT2D eigenvalue weighted by Crippen LogP contribution is -2.50. The summed E-state index contributed by atoms with van der Waals surface area (Å²) in [6, 6.07) is 9.21. The largest absolute Gasteiger partial charge is 0.443 e. The molecule has 1 amide bonds. The molecule has 0 bridgehead atoms. The quantitative estimate of drug-likeness (QED) is 0.0912. The van der Waals surface area contributed by atoms with Crippen LogP contribution in [0.4, 0.5) is 4.79 Å². The monoisotopic (exact) mass is 624 g/mol. The van der Waals surface area contributed by atoms with Crippen molar-refractivity contribution in [3.63, 3.8) is 0 Å². The summed E-state index contributed by atoms with van der Waals surface area (Å²) < 4.78 is 41.3. The molecule has 0 spiro atoms. The van der Waals surface area contributed by atoms with Crippen LogP contribution in [-0.4, -0.2) is 81.4 Å². The minimum atomic E-state index is -3.08. The third-order valence-corrected chi connectivity index (χ3v) is 9.78. The Bertz CT molecular complexity index is 996. The van der Waals surface area contributed by atoms with Crippen LogP contribution in [-0.2, 0) is 34.2 Å². The number of allylic oxidation sites excluding steroid dienone is 1. The van der Waals surface area contributed by atoms with Gasteiger partial charge in [-0.1, -0.05) is 68.7 Å². The number of aliphatic hydroxyl groups excluding tert-OH is 1. The Morgan fingerprint density at radius 3 is 2.53 bits per heavy atom. The second-order valence-corrected chi connectivity index (χ2v) is 13.7. The van der Waals surface area contributed by atoms with Gasteiger partial charge < -0.3 is 39.0 Å². The molecular formula is C32H53N2O8P. The van der Waals surface area contributed by atoms with Gasteiger partial charge in [-0.2, -0.15) is 0 Å². The van der Waals surface area contributed by atoms with Crippen molar-refractivity contribution in [3.8, 4) is 0 Å². The number of carbonyl (C=O) groups excluding carboxylic acids is 1. The van der Waals surface area contributed by atoms with E-state index >= 15 is 0 Å². The van der Waals surface area contributed by atoms with Crippen molar-refractivity contribution in [1.29, 1.82) is 0 Å². The first kappa shape index (κ1) is 35.7. The number of unbranched alkanes of at least 4 members (excludes halogenated alkanes) is 3. The molecule has 2 saturated heterocycles. The lowest BCUT2D eigenvalue weighted by atomic mass is 10.0. The predicted molar refractivity (Wildman–Crippen MR) is 167 cm³/mol. The third kappa shape index (κ3) is 13.0. The van der Waals surface area contributed by atoms with E-state index in [4.69, 9.17) is 23.3 Å². The van der Waals surface area contributed by atoms with E-state index in [0.717, 1.165) is 49.7 Å². The Kier molecular flexibility index (Phi) is 16.2. The fourth-order valence-electron chi connectivity index (χ4n) is 5.15. The van der Waals surface area contributed by atoms with Gasteiger partial charge in [0.05, 0.1) is 50.7 Å². The second kappa shape index (κ2) is 19.6. The number of fused-ring (bicyclic) bond motifs is 1. The smallest absolute Gasteiger partial charge is 0.407 e. The molecule has 2 fully saturated rings. The highest BCUT2D eigenvalue weighted by atomic mass is 31.2. The number of nitrogens with one attached hydrogen (secondary N) is 2. The SMILES string of the molecule is CCCCOP(=O)(CCC/C=C(/C)CNCC(O)C(Cc1ccccc1)NC(=O)OC1COC2OCCC12)OCCCC. The second-order valence-electron chi connectivity index (χ2n) is 11.5. The van der Waals surface area contributed by atoms with Gasteiger partial charge in [-0.25, -0.2) is 4.79 Å². The van der Waals surface area contributed by atoms with Crippen LogP contribution >= 0.6 is 7.60 Å². The topological polar surface area (TPSA) is 125 Å². The molecule has 11 heteroatoms. The van der Waals surface area contributed by atoms with Crippen molar-refractivity contribution in [1.82, 2.24) is 10.6 Å². The van der Waals surface area contributed by atoms with Gasteiger partial charge in [0.25, 0.3) is 0 Å². The molecule has 5 atom stereocenters. The third-order valence-electron chi connectivity index (χ3n) is 7.77. The van der Waals surface area contributed by atoms with E-state index in [2.05, 4.69) is 30.6 Å². The highest BCUT2D eigenvalue weighted by Gasteiger charge is 2.44. The molecule has 2 aliphatic rings. The van der Waals surface area contributed by atoms with Crippen molar-refractivity contribution in [3.05, 3.63) is 47.5 Å². The minimum absolute atomic E-state index is 0.0498. The Morgan fingerprint density at radius 2 is 1.84 bits per heavy atom. The summed E-state index contributed by atoms with van der Waals surface area (Å²) in [7, 11) is -3.08. The van der Waals surface area contributed by atoms with Crippen molar-refractivity contribution >= 4 is 13.7 Å². The van der Waals surface area contributed by atoms with Gasteiger partial charge in [0.1, 0.15) is 6.10 Å². The average molecular weight is 625 g/mol. The zero-order valence-corrected chi connectivity index (χ0v) is 27.1. The Hall–Kier alpha value is -1.78. The van der Waals surface area contributed by atoms with Crippen molar-refractivity contribution in [2.24, 2.45) is 5.92 Å². The first-order valence-electron chi connectivity index (χ1n) is 16.0. The zero-order valence-electron chi connectivity index (χ0n) is 26.2. The van der Waals surface area contributed by atoms with E-state index in [-0.39, 0.29) is 18.3 Å². The Balaban J connectivity index is 1.44. The maximum atomic E-state index is 13.1. The number of alkyl carbamates (subject to hydrolysis) is 1. The zero-order chi connectivity index (χ0) is 30.9. The normalized spacial score (nSPS) is 21.9. The maximum Gasteiger partial charge on any atom is 0.407 e. The molecule has 0 aliphatic carbocycles. The van der Waals surface area contributed by atoms with Gasteiger partial charge in [-0.05, 0) is 51.0 Å². The molecule has 1 aromatic rings.